The van der Waals surface area contributed by atoms with E-state index in [4.69, 9.17) is 19.4 Å². The summed E-state index contributed by atoms with van der Waals surface area (Å²) in [6.07, 6.45) is 4.82. The Balaban J connectivity index is 1.22. The Labute approximate surface area is 349 Å². The summed E-state index contributed by atoms with van der Waals surface area (Å²) in [5.41, 5.74) is -0.393. The number of rotatable bonds is 14. The van der Waals surface area contributed by atoms with Gasteiger partial charge in [0.05, 0.1) is 36.0 Å². The van der Waals surface area contributed by atoms with Gasteiger partial charge in [-0.1, -0.05) is 26.8 Å². The van der Waals surface area contributed by atoms with Crippen LogP contribution in [-0.2, 0) is 29.2 Å². The van der Waals surface area contributed by atoms with Crippen molar-refractivity contribution in [2.24, 2.45) is 17.3 Å². The van der Waals surface area contributed by atoms with Gasteiger partial charge in [-0.15, -0.1) is 17.9 Å². The number of aromatic nitrogens is 2. The van der Waals surface area contributed by atoms with Gasteiger partial charge in [-0.3, -0.25) is 23.9 Å². The van der Waals surface area contributed by atoms with Crippen molar-refractivity contribution >= 4 is 61.0 Å². The van der Waals surface area contributed by atoms with E-state index in [1.54, 1.807) is 25.3 Å². The number of piperidine rings is 1. The van der Waals surface area contributed by atoms with E-state index in [-0.39, 0.29) is 37.6 Å². The summed E-state index contributed by atoms with van der Waals surface area (Å²) in [5, 5.41) is 5.63. The first-order chi connectivity index (χ1) is 27.9. The highest BCUT2D eigenvalue weighted by atomic mass is 32.2. The molecule has 2 saturated heterocycles. The lowest BCUT2D eigenvalue weighted by atomic mass is 9.77. The molecular formula is C42H55N7O8S2. The maximum absolute atomic E-state index is 14.9. The molecule has 2 aliphatic carbocycles. The summed E-state index contributed by atoms with van der Waals surface area (Å²) < 4.78 is 40.1. The number of anilines is 1. The summed E-state index contributed by atoms with van der Waals surface area (Å²) in [7, 11) is 1.49. The fraction of sp³-hybridized carbons (Fsp3) is 0.571. The number of methoxy groups -OCH3 is 1. The highest BCUT2D eigenvalue weighted by Gasteiger charge is 2.62. The largest absolute Gasteiger partial charge is 0.497 e. The number of nitrogens with zero attached hydrogens (tertiary/aromatic N) is 5. The lowest BCUT2D eigenvalue weighted by Crippen LogP contribution is -2.57. The summed E-state index contributed by atoms with van der Waals surface area (Å²) in [6, 6.07) is 6.15. The van der Waals surface area contributed by atoms with E-state index in [9.17, 15) is 27.6 Å². The monoisotopic (exact) mass is 849 g/mol. The van der Waals surface area contributed by atoms with Gasteiger partial charge in [0.15, 0.2) is 5.13 Å². The molecule has 3 aromatic rings. The number of nitrogens with one attached hydrogen (secondary N) is 2. The standard InChI is InChI=1S/C42H55N7O8S2/c1-8-25-22-42(25,39(53)46-59(54,55)28-13-14-28)45-37(51)34-19-27(23-49(34)38(52)30(41(2,3)4)20-36(50)48-16-10-9-11-17-48)57-35-21-32(33-24-58-40(44-33)47(5)6)43-31-18-26(56-7)12-15-29(31)35/h8,12,15,18,21,24-25,27-28,30,34H,1,9-11,13-14,16-17,19-20,22-23H2,2-7H3,(H,45,51)(H,46,53)/t25-,27-,30?,34+,42-/m1/s1. The Morgan fingerprint density at radius 1 is 1.08 bits per heavy atom. The van der Waals surface area contributed by atoms with E-state index >= 15 is 0 Å². The molecule has 2 aliphatic heterocycles. The Morgan fingerprint density at radius 3 is 2.42 bits per heavy atom. The second-order valence-electron chi connectivity index (χ2n) is 17.5. The van der Waals surface area contributed by atoms with Crippen LogP contribution in [-0.4, -0.2) is 116 Å². The zero-order chi connectivity index (χ0) is 42.4. The number of amides is 4. The molecule has 1 unspecified atom stereocenters. The highest BCUT2D eigenvalue weighted by molar-refractivity contribution is 7.91. The first-order valence-corrected chi connectivity index (χ1v) is 22.7. The molecule has 4 fully saturated rings. The van der Waals surface area contributed by atoms with Gasteiger partial charge in [0.2, 0.25) is 27.7 Å². The van der Waals surface area contributed by atoms with E-state index in [0.717, 1.165) is 24.4 Å². The van der Waals surface area contributed by atoms with E-state index in [2.05, 4.69) is 16.6 Å². The molecule has 2 aromatic heterocycles. The number of hydrogen-bond donors (Lipinski definition) is 2. The van der Waals surface area contributed by atoms with Crippen molar-refractivity contribution in [3.63, 3.8) is 0 Å². The number of carbonyl (C=O) groups excluding carboxylic acids is 4. The van der Waals surface area contributed by atoms with Gasteiger partial charge in [-0.05, 0) is 56.1 Å². The lowest BCUT2D eigenvalue weighted by Gasteiger charge is -2.36. The zero-order valence-electron chi connectivity index (χ0n) is 34.7. The molecule has 17 heteroatoms. The van der Waals surface area contributed by atoms with Crippen molar-refractivity contribution in [3.05, 3.63) is 42.3 Å². The predicted molar refractivity (Wildman–Crippen MR) is 226 cm³/mol. The van der Waals surface area contributed by atoms with Gasteiger partial charge >= 0.3 is 0 Å². The van der Waals surface area contributed by atoms with Crippen LogP contribution in [0.3, 0.4) is 0 Å². The van der Waals surface area contributed by atoms with Crippen LogP contribution in [0, 0.1) is 17.3 Å². The maximum atomic E-state index is 14.9. The highest BCUT2D eigenvalue weighted by Crippen LogP contribution is 2.46. The quantitative estimate of drug-likeness (QED) is 0.218. The van der Waals surface area contributed by atoms with Crippen LogP contribution in [0.2, 0.25) is 0 Å². The fourth-order valence-corrected chi connectivity index (χ4v) is 10.2. The normalized spacial score (nSPS) is 23.7. The van der Waals surface area contributed by atoms with Crippen molar-refractivity contribution in [2.45, 2.75) is 95.1 Å². The molecule has 7 rings (SSSR count). The summed E-state index contributed by atoms with van der Waals surface area (Å²) >= 11 is 1.48. The third kappa shape index (κ3) is 8.91. The molecule has 0 radical (unpaired) electrons. The molecule has 15 nitrogen and oxygen atoms in total. The second kappa shape index (κ2) is 16.4. The van der Waals surface area contributed by atoms with Crippen LogP contribution in [0.25, 0.3) is 22.3 Å². The third-order valence-electron chi connectivity index (χ3n) is 11.9. The number of thiazole rings is 1. The molecule has 318 valence electrons. The average Bonchev–Trinajstić information content (AvgIpc) is 4.08. The van der Waals surface area contributed by atoms with Gasteiger partial charge in [-0.2, -0.15) is 0 Å². The SMILES string of the molecule is C=C[C@@H]1C[C@]1(NC(=O)[C@@H]1C[C@@H](Oc2cc(-c3csc(N(C)C)n3)nc3cc(OC)ccc23)CN1C(=O)C(CC(=O)N1CCCCC1)C(C)(C)C)C(=O)NS(=O)(=O)C1CC1. The van der Waals surface area contributed by atoms with Crippen LogP contribution in [0.4, 0.5) is 5.13 Å². The van der Waals surface area contributed by atoms with Crippen molar-refractivity contribution in [1.29, 1.82) is 0 Å². The maximum Gasteiger partial charge on any atom is 0.259 e. The molecule has 4 heterocycles. The van der Waals surface area contributed by atoms with E-state index in [1.807, 2.05) is 56.1 Å². The Bertz CT molecular complexity index is 2250. The number of hydrogen-bond acceptors (Lipinski definition) is 12. The lowest BCUT2D eigenvalue weighted by molar-refractivity contribution is -0.148. The first-order valence-electron chi connectivity index (χ1n) is 20.3. The van der Waals surface area contributed by atoms with Gasteiger partial charge in [0.1, 0.15) is 34.9 Å². The summed E-state index contributed by atoms with van der Waals surface area (Å²) in [5.74, 6) is -2.13. The predicted octanol–water partition coefficient (Wildman–Crippen LogP) is 4.52. The number of carbonyl (C=O) groups is 4. The van der Waals surface area contributed by atoms with Gasteiger partial charge in [0.25, 0.3) is 5.91 Å². The van der Waals surface area contributed by atoms with Crippen LogP contribution in [0.15, 0.2) is 42.3 Å². The van der Waals surface area contributed by atoms with Crippen LogP contribution >= 0.6 is 11.3 Å². The average molecular weight is 850 g/mol. The summed E-state index contributed by atoms with van der Waals surface area (Å²) in [4.78, 5) is 71.7. The topological polar surface area (TPSA) is 180 Å². The van der Waals surface area contributed by atoms with Gasteiger partial charge < -0.3 is 29.5 Å². The smallest absolute Gasteiger partial charge is 0.259 e. The van der Waals surface area contributed by atoms with Crippen LogP contribution in [0.5, 0.6) is 11.5 Å². The molecule has 4 aliphatic rings. The zero-order valence-corrected chi connectivity index (χ0v) is 36.3. The van der Waals surface area contributed by atoms with Crippen molar-refractivity contribution in [3.8, 4) is 22.9 Å². The van der Waals surface area contributed by atoms with E-state index in [0.29, 0.717) is 59.7 Å². The Kier molecular flexibility index (Phi) is 11.7. The van der Waals surface area contributed by atoms with Gasteiger partial charge in [-0.25, -0.2) is 18.4 Å². The Morgan fingerprint density at radius 2 is 1.81 bits per heavy atom. The number of ether oxygens (including phenoxy) is 2. The molecule has 0 spiro atoms. The molecule has 1 aromatic carbocycles. The molecule has 2 saturated carbocycles. The number of fused-ring (bicyclic) bond motifs is 1. The van der Waals surface area contributed by atoms with Crippen molar-refractivity contribution in [1.82, 2.24) is 29.8 Å². The van der Waals surface area contributed by atoms with Crippen LogP contribution < -0.4 is 24.4 Å². The van der Waals surface area contributed by atoms with E-state index in [1.165, 1.54) is 22.3 Å². The molecule has 5 atom stereocenters. The van der Waals surface area contributed by atoms with Gasteiger partial charge in [0, 0.05) is 68.8 Å². The minimum Gasteiger partial charge on any atom is -0.497 e. The Hall–Kier alpha value is -4.77. The minimum atomic E-state index is -3.91. The molecular weight excluding hydrogens is 795 g/mol. The first kappa shape index (κ1) is 42.4. The van der Waals surface area contributed by atoms with E-state index < -0.39 is 62.0 Å². The molecule has 2 N–H and O–H groups in total. The third-order valence-corrected chi connectivity index (χ3v) is 14.8. The second-order valence-corrected chi connectivity index (χ2v) is 20.3. The van der Waals surface area contributed by atoms with Crippen molar-refractivity contribution in [2.75, 3.05) is 45.7 Å². The van der Waals surface area contributed by atoms with Crippen molar-refractivity contribution < 1.29 is 37.1 Å². The summed E-state index contributed by atoms with van der Waals surface area (Å²) in [6.45, 7) is 10.9. The number of sulfonamides is 1. The molecule has 0 bridgehead atoms. The number of likely N-dealkylation sites (tertiary alicyclic amines) is 2. The number of pyridine rings is 1. The fourth-order valence-electron chi connectivity index (χ4n) is 8.10. The number of benzene rings is 1. The minimum absolute atomic E-state index is 0.0122. The molecule has 4 amide bonds. The molecule has 59 heavy (non-hydrogen) atoms. The van der Waals surface area contributed by atoms with Crippen LogP contribution in [0.1, 0.15) is 72.1 Å².